The predicted molar refractivity (Wildman–Crippen MR) is 64.1 cm³/mol. The molecule has 0 saturated heterocycles. The summed E-state index contributed by atoms with van der Waals surface area (Å²) < 4.78 is 23.7. The van der Waals surface area contributed by atoms with Crippen LogP contribution in [0.25, 0.3) is 0 Å². The van der Waals surface area contributed by atoms with Gasteiger partial charge in [0.15, 0.2) is 9.84 Å². The van der Waals surface area contributed by atoms with Gasteiger partial charge in [-0.25, -0.2) is 8.42 Å². The van der Waals surface area contributed by atoms with E-state index < -0.39 is 9.84 Å². The Morgan fingerprint density at radius 1 is 1.38 bits per heavy atom. The van der Waals surface area contributed by atoms with Gasteiger partial charge in [-0.05, 0) is 24.1 Å². The Balaban J connectivity index is 2.27. The minimum atomic E-state index is -3.07. The Labute approximate surface area is 96.8 Å². The van der Waals surface area contributed by atoms with Gasteiger partial charge in [0.05, 0.1) is 10.6 Å². The SMILES string of the molecule is CC(C)CNC1CS(=O)(=O)c2ccccc21. The molecule has 1 N–H and O–H groups in total. The van der Waals surface area contributed by atoms with E-state index in [2.05, 4.69) is 19.2 Å². The lowest BCUT2D eigenvalue weighted by Gasteiger charge is -2.14. The van der Waals surface area contributed by atoms with Crippen molar-refractivity contribution in [2.75, 3.05) is 12.3 Å². The highest BCUT2D eigenvalue weighted by atomic mass is 32.2. The molecule has 0 aliphatic carbocycles. The standard InChI is InChI=1S/C12H17NO2S/c1-9(2)7-13-11-8-16(14,15)12-6-4-3-5-10(11)12/h3-6,9,11,13H,7-8H2,1-2H3. The van der Waals surface area contributed by atoms with E-state index in [9.17, 15) is 8.42 Å². The maximum absolute atomic E-state index is 11.9. The van der Waals surface area contributed by atoms with Crippen molar-refractivity contribution in [3.8, 4) is 0 Å². The molecule has 4 heteroatoms. The highest BCUT2D eigenvalue weighted by molar-refractivity contribution is 7.91. The molecule has 1 atom stereocenters. The average Bonchev–Trinajstić information content (AvgIpc) is 2.49. The van der Waals surface area contributed by atoms with Crippen LogP contribution in [0, 0.1) is 5.92 Å². The van der Waals surface area contributed by atoms with E-state index in [1.807, 2.05) is 12.1 Å². The summed E-state index contributed by atoms with van der Waals surface area (Å²) in [5.74, 6) is 0.717. The Bertz CT molecular complexity index is 480. The summed E-state index contributed by atoms with van der Waals surface area (Å²) in [7, 11) is -3.07. The quantitative estimate of drug-likeness (QED) is 0.874. The summed E-state index contributed by atoms with van der Waals surface area (Å²) in [6.07, 6.45) is 0. The van der Waals surface area contributed by atoms with Gasteiger partial charge in [-0.1, -0.05) is 32.0 Å². The van der Waals surface area contributed by atoms with Crippen LogP contribution in [0.3, 0.4) is 0 Å². The molecule has 0 radical (unpaired) electrons. The van der Waals surface area contributed by atoms with Gasteiger partial charge < -0.3 is 5.32 Å². The van der Waals surface area contributed by atoms with E-state index in [0.29, 0.717) is 10.8 Å². The molecule has 16 heavy (non-hydrogen) atoms. The van der Waals surface area contributed by atoms with Crippen LogP contribution in [0.4, 0.5) is 0 Å². The summed E-state index contributed by atoms with van der Waals surface area (Å²) >= 11 is 0. The maximum Gasteiger partial charge on any atom is 0.180 e. The van der Waals surface area contributed by atoms with Crippen LogP contribution in [-0.2, 0) is 9.84 Å². The molecule has 1 heterocycles. The zero-order valence-corrected chi connectivity index (χ0v) is 10.4. The summed E-state index contributed by atoms with van der Waals surface area (Å²) in [6.45, 7) is 5.07. The lowest BCUT2D eigenvalue weighted by molar-refractivity contribution is 0.498. The van der Waals surface area contributed by atoms with Gasteiger partial charge in [-0.15, -0.1) is 0 Å². The van der Waals surface area contributed by atoms with Crippen molar-refractivity contribution in [2.45, 2.75) is 24.8 Å². The maximum atomic E-state index is 11.9. The molecule has 1 aliphatic rings. The van der Waals surface area contributed by atoms with Crippen molar-refractivity contribution < 1.29 is 8.42 Å². The lowest BCUT2D eigenvalue weighted by atomic mass is 10.1. The van der Waals surface area contributed by atoms with E-state index in [0.717, 1.165) is 12.1 Å². The van der Waals surface area contributed by atoms with Gasteiger partial charge >= 0.3 is 0 Å². The highest BCUT2D eigenvalue weighted by Gasteiger charge is 2.33. The Morgan fingerprint density at radius 3 is 2.75 bits per heavy atom. The molecule has 3 nitrogen and oxygen atoms in total. The molecule has 0 spiro atoms. The molecule has 1 aromatic carbocycles. The Hall–Kier alpha value is -0.870. The first-order valence-electron chi connectivity index (χ1n) is 5.56. The minimum absolute atomic E-state index is 0.0383. The van der Waals surface area contributed by atoms with Crippen LogP contribution in [0.5, 0.6) is 0 Å². The van der Waals surface area contributed by atoms with E-state index in [1.165, 1.54) is 0 Å². The fraction of sp³-hybridized carbons (Fsp3) is 0.500. The highest BCUT2D eigenvalue weighted by Crippen LogP contribution is 2.32. The summed E-state index contributed by atoms with van der Waals surface area (Å²) in [4.78, 5) is 0.497. The molecule has 0 amide bonds. The zero-order valence-electron chi connectivity index (χ0n) is 9.60. The van der Waals surface area contributed by atoms with Gasteiger partial charge in [-0.3, -0.25) is 0 Å². The smallest absolute Gasteiger partial charge is 0.180 e. The fourth-order valence-electron chi connectivity index (χ4n) is 2.00. The van der Waals surface area contributed by atoms with Crippen molar-refractivity contribution in [3.05, 3.63) is 29.8 Å². The third-order valence-electron chi connectivity index (χ3n) is 2.79. The molecule has 0 saturated carbocycles. The van der Waals surface area contributed by atoms with Crippen LogP contribution in [0.1, 0.15) is 25.5 Å². The van der Waals surface area contributed by atoms with Gasteiger partial charge in [0.25, 0.3) is 0 Å². The van der Waals surface area contributed by atoms with Crippen molar-refractivity contribution in [2.24, 2.45) is 5.92 Å². The third kappa shape index (κ3) is 2.13. The molecular formula is C12H17NO2S. The van der Waals surface area contributed by atoms with Crippen LogP contribution >= 0.6 is 0 Å². The van der Waals surface area contributed by atoms with Crippen molar-refractivity contribution >= 4 is 9.84 Å². The van der Waals surface area contributed by atoms with Gasteiger partial charge in [0, 0.05) is 6.04 Å². The molecule has 0 aromatic heterocycles. The zero-order chi connectivity index (χ0) is 11.8. The van der Waals surface area contributed by atoms with E-state index in [4.69, 9.17) is 0 Å². The Morgan fingerprint density at radius 2 is 2.06 bits per heavy atom. The van der Waals surface area contributed by atoms with E-state index in [1.54, 1.807) is 12.1 Å². The van der Waals surface area contributed by atoms with Crippen molar-refractivity contribution in [3.63, 3.8) is 0 Å². The average molecular weight is 239 g/mol. The largest absolute Gasteiger partial charge is 0.309 e. The van der Waals surface area contributed by atoms with Crippen LogP contribution in [0.2, 0.25) is 0 Å². The minimum Gasteiger partial charge on any atom is -0.309 e. The monoisotopic (exact) mass is 239 g/mol. The fourth-order valence-corrected chi connectivity index (χ4v) is 3.77. The van der Waals surface area contributed by atoms with Crippen LogP contribution in [0.15, 0.2) is 29.2 Å². The molecule has 1 aromatic rings. The number of hydrogen-bond donors (Lipinski definition) is 1. The molecule has 1 unspecified atom stereocenters. The summed E-state index contributed by atoms with van der Waals surface area (Å²) in [6, 6.07) is 7.23. The normalized spacial score (nSPS) is 22.3. The topological polar surface area (TPSA) is 46.2 Å². The first-order valence-corrected chi connectivity index (χ1v) is 7.21. The number of hydrogen-bond acceptors (Lipinski definition) is 3. The Kier molecular flexibility index (Phi) is 3.04. The summed E-state index contributed by atoms with van der Waals surface area (Å²) in [5.41, 5.74) is 0.920. The van der Waals surface area contributed by atoms with Crippen LogP contribution < -0.4 is 5.32 Å². The summed E-state index contributed by atoms with van der Waals surface area (Å²) in [5, 5.41) is 3.31. The van der Waals surface area contributed by atoms with Gasteiger partial charge in [-0.2, -0.15) is 0 Å². The second kappa shape index (κ2) is 4.18. The number of rotatable bonds is 3. The number of nitrogens with one attached hydrogen (secondary N) is 1. The molecule has 0 bridgehead atoms. The molecule has 88 valence electrons. The van der Waals surface area contributed by atoms with Crippen molar-refractivity contribution in [1.29, 1.82) is 0 Å². The second-order valence-electron chi connectivity index (χ2n) is 4.67. The molecule has 0 fully saturated rings. The number of benzene rings is 1. The number of sulfone groups is 1. The lowest BCUT2D eigenvalue weighted by Crippen LogP contribution is -2.26. The molecule has 2 rings (SSSR count). The predicted octanol–water partition coefficient (Wildman–Crippen LogP) is 1.76. The molecule has 1 aliphatic heterocycles. The van der Waals surface area contributed by atoms with Gasteiger partial charge in [0.1, 0.15) is 0 Å². The number of fused-ring (bicyclic) bond motifs is 1. The van der Waals surface area contributed by atoms with Crippen LogP contribution in [-0.4, -0.2) is 20.7 Å². The van der Waals surface area contributed by atoms with Crippen molar-refractivity contribution in [1.82, 2.24) is 5.32 Å². The molecular weight excluding hydrogens is 222 g/mol. The van der Waals surface area contributed by atoms with E-state index >= 15 is 0 Å². The second-order valence-corrected chi connectivity index (χ2v) is 6.68. The first kappa shape index (κ1) is 11.6. The first-order chi connectivity index (χ1) is 7.50. The third-order valence-corrected chi connectivity index (χ3v) is 4.60. The van der Waals surface area contributed by atoms with E-state index in [-0.39, 0.29) is 11.8 Å². The van der Waals surface area contributed by atoms with Gasteiger partial charge in [0.2, 0.25) is 0 Å².